The van der Waals surface area contributed by atoms with Crippen LogP contribution in [0.3, 0.4) is 0 Å². The third-order valence-electron chi connectivity index (χ3n) is 3.82. The minimum absolute atomic E-state index is 0.154. The monoisotopic (exact) mass is 446 g/mol. The lowest BCUT2D eigenvalue weighted by molar-refractivity contribution is -0.129. The van der Waals surface area contributed by atoms with Crippen molar-refractivity contribution in [3.8, 4) is 5.75 Å². The molecule has 7 heteroatoms. The number of hydrogen-bond donors (Lipinski definition) is 2. The van der Waals surface area contributed by atoms with E-state index in [1.165, 1.54) is 0 Å². The first-order chi connectivity index (χ1) is 13.0. The fraction of sp³-hybridized carbons (Fsp3) is 0.100. The molecule has 3 aromatic rings. The summed E-state index contributed by atoms with van der Waals surface area (Å²) in [4.78, 5) is 24.0. The highest BCUT2D eigenvalue weighted by molar-refractivity contribution is 9.10. The summed E-state index contributed by atoms with van der Waals surface area (Å²) in [7, 11) is 0. The molecule has 0 bridgehead atoms. The van der Waals surface area contributed by atoms with E-state index in [2.05, 4.69) is 26.8 Å². The van der Waals surface area contributed by atoms with Gasteiger partial charge in [0.05, 0.1) is 11.4 Å². The minimum atomic E-state index is -0.486. The van der Waals surface area contributed by atoms with Gasteiger partial charge in [0.1, 0.15) is 5.75 Å². The molecule has 0 unspecified atom stereocenters. The van der Waals surface area contributed by atoms with Crippen molar-refractivity contribution >= 4 is 50.1 Å². The maximum Gasteiger partial charge on any atom is 0.276 e. The first-order valence-electron chi connectivity index (χ1n) is 8.15. The van der Waals surface area contributed by atoms with Gasteiger partial charge in [0.2, 0.25) is 5.91 Å². The van der Waals surface area contributed by atoms with Crippen LogP contribution in [0.1, 0.15) is 5.56 Å². The lowest BCUT2D eigenvalue weighted by Crippen LogP contribution is -2.44. The van der Waals surface area contributed by atoms with Gasteiger partial charge in [-0.05, 0) is 34.5 Å². The number of hydrogen-bond acceptors (Lipinski definition) is 3. The highest BCUT2D eigenvalue weighted by atomic mass is 79.9. The van der Waals surface area contributed by atoms with Gasteiger partial charge >= 0.3 is 0 Å². The van der Waals surface area contributed by atoms with Crippen molar-refractivity contribution in [2.45, 2.75) is 6.42 Å². The zero-order valence-electron chi connectivity index (χ0n) is 14.2. The molecule has 2 N–H and O–H groups in total. The summed E-state index contributed by atoms with van der Waals surface area (Å²) in [6.07, 6.45) is 0.154. The van der Waals surface area contributed by atoms with Gasteiger partial charge in [-0.2, -0.15) is 0 Å². The molecule has 2 amide bonds. The number of ether oxygens (including phenoxy) is 1. The van der Waals surface area contributed by atoms with Crippen LogP contribution in [0.15, 0.2) is 65.1 Å². The van der Waals surface area contributed by atoms with Crippen molar-refractivity contribution in [1.82, 2.24) is 10.9 Å². The van der Waals surface area contributed by atoms with Crippen molar-refractivity contribution in [2.24, 2.45) is 0 Å². The number of hydrazine groups is 1. The molecular weight excluding hydrogens is 432 g/mol. The van der Waals surface area contributed by atoms with Crippen LogP contribution >= 0.6 is 27.5 Å². The molecule has 0 atom stereocenters. The number of nitrogens with one attached hydrogen (secondary N) is 2. The van der Waals surface area contributed by atoms with E-state index in [0.717, 1.165) is 20.8 Å². The Hall–Kier alpha value is -2.57. The molecule has 0 heterocycles. The number of halogens is 2. The first-order valence-corrected chi connectivity index (χ1v) is 9.32. The molecule has 0 aliphatic rings. The van der Waals surface area contributed by atoms with Crippen LogP contribution in [0.4, 0.5) is 0 Å². The molecule has 0 aromatic heterocycles. The van der Waals surface area contributed by atoms with Crippen molar-refractivity contribution in [3.63, 3.8) is 0 Å². The Kier molecular flexibility index (Phi) is 6.32. The Morgan fingerprint density at radius 3 is 2.52 bits per heavy atom. The van der Waals surface area contributed by atoms with Gasteiger partial charge in [0, 0.05) is 4.47 Å². The summed E-state index contributed by atoms with van der Waals surface area (Å²) in [6, 6.07) is 18.7. The van der Waals surface area contributed by atoms with Crippen LogP contribution in [0.25, 0.3) is 10.8 Å². The molecule has 0 radical (unpaired) electrons. The lowest BCUT2D eigenvalue weighted by Gasteiger charge is -2.11. The average molecular weight is 448 g/mol. The molecule has 0 aliphatic heterocycles. The summed E-state index contributed by atoms with van der Waals surface area (Å²) in [6.45, 7) is -0.268. The van der Waals surface area contributed by atoms with Crippen molar-refractivity contribution in [1.29, 1.82) is 0 Å². The van der Waals surface area contributed by atoms with Gasteiger partial charge in [0.25, 0.3) is 5.91 Å². The SMILES string of the molecule is O=C(COc1ccc(Br)cc1Cl)NNC(=O)Cc1cccc2ccccc12. The molecule has 5 nitrogen and oxygen atoms in total. The van der Waals surface area contributed by atoms with Gasteiger partial charge in [-0.1, -0.05) is 70.0 Å². The van der Waals surface area contributed by atoms with E-state index in [0.29, 0.717) is 10.8 Å². The molecule has 0 saturated carbocycles. The Morgan fingerprint density at radius 2 is 1.70 bits per heavy atom. The first kappa shape index (κ1) is 19.2. The van der Waals surface area contributed by atoms with Gasteiger partial charge < -0.3 is 4.74 Å². The standard InChI is InChI=1S/C20H16BrClN2O3/c21-15-8-9-18(17(22)11-15)27-12-20(26)24-23-19(25)10-14-6-3-5-13-4-1-2-7-16(13)14/h1-9,11H,10,12H2,(H,23,25)(H,24,26). The molecule has 3 rings (SSSR count). The summed E-state index contributed by atoms with van der Waals surface area (Å²) in [5.74, 6) is -0.418. The largest absolute Gasteiger partial charge is 0.482 e. The van der Waals surface area contributed by atoms with Crippen LogP contribution in [-0.4, -0.2) is 18.4 Å². The van der Waals surface area contributed by atoms with Gasteiger partial charge in [-0.3, -0.25) is 20.4 Å². The Balaban J connectivity index is 1.50. The number of amides is 2. The summed E-state index contributed by atoms with van der Waals surface area (Å²) >= 11 is 9.31. The minimum Gasteiger partial charge on any atom is -0.482 e. The van der Waals surface area contributed by atoms with E-state index in [1.54, 1.807) is 18.2 Å². The number of fused-ring (bicyclic) bond motifs is 1. The predicted octanol–water partition coefficient (Wildman–Crippen LogP) is 4.02. The van der Waals surface area contributed by atoms with Crippen LogP contribution in [0.5, 0.6) is 5.75 Å². The maximum absolute atomic E-state index is 12.1. The van der Waals surface area contributed by atoms with Gasteiger partial charge in [-0.15, -0.1) is 0 Å². The average Bonchev–Trinajstić information content (AvgIpc) is 2.66. The van der Waals surface area contributed by atoms with E-state index in [9.17, 15) is 9.59 Å². The van der Waals surface area contributed by atoms with Crippen LogP contribution < -0.4 is 15.6 Å². The van der Waals surface area contributed by atoms with E-state index in [4.69, 9.17) is 16.3 Å². The second-order valence-electron chi connectivity index (χ2n) is 5.77. The lowest BCUT2D eigenvalue weighted by atomic mass is 10.0. The Labute approximate surface area is 169 Å². The van der Waals surface area contributed by atoms with Crippen molar-refractivity contribution < 1.29 is 14.3 Å². The zero-order chi connectivity index (χ0) is 19.2. The Morgan fingerprint density at radius 1 is 0.963 bits per heavy atom. The van der Waals surface area contributed by atoms with Crippen molar-refractivity contribution in [3.05, 3.63) is 75.7 Å². The van der Waals surface area contributed by atoms with Crippen molar-refractivity contribution in [2.75, 3.05) is 6.61 Å². The molecular formula is C20H16BrClN2O3. The molecule has 0 saturated heterocycles. The summed E-state index contributed by atoms with van der Waals surface area (Å²) in [5.41, 5.74) is 5.62. The second-order valence-corrected chi connectivity index (χ2v) is 7.10. The Bertz CT molecular complexity index is 989. The van der Waals surface area contributed by atoms with E-state index >= 15 is 0 Å². The third kappa shape index (κ3) is 5.21. The normalized spacial score (nSPS) is 10.4. The quantitative estimate of drug-likeness (QED) is 0.581. The number of benzene rings is 3. The summed E-state index contributed by atoms with van der Waals surface area (Å²) < 4.78 is 6.16. The zero-order valence-corrected chi connectivity index (χ0v) is 16.5. The smallest absolute Gasteiger partial charge is 0.276 e. The summed E-state index contributed by atoms with van der Waals surface area (Å²) in [5, 5.41) is 2.46. The van der Waals surface area contributed by atoms with Crippen LogP contribution in [-0.2, 0) is 16.0 Å². The van der Waals surface area contributed by atoms with E-state index < -0.39 is 5.91 Å². The maximum atomic E-state index is 12.1. The third-order valence-corrected chi connectivity index (χ3v) is 4.61. The van der Waals surface area contributed by atoms with Crippen LogP contribution in [0.2, 0.25) is 5.02 Å². The molecule has 0 aliphatic carbocycles. The van der Waals surface area contributed by atoms with E-state index in [-0.39, 0.29) is 18.9 Å². The van der Waals surface area contributed by atoms with Gasteiger partial charge in [-0.25, -0.2) is 0 Å². The highest BCUT2D eigenvalue weighted by Gasteiger charge is 2.10. The van der Waals surface area contributed by atoms with Crippen LogP contribution in [0, 0.1) is 0 Å². The van der Waals surface area contributed by atoms with E-state index in [1.807, 2.05) is 42.5 Å². The number of carbonyl (C=O) groups excluding carboxylic acids is 2. The second kappa shape index (κ2) is 8.88. The fourth-order valence-electron chi connectivity index (χ4n) is 2.57. The fourth-order valence-corrected chi connectivity index (χ4v) is 3.30. The number of carbonyl (C=O) groups is 2. The topological polar surface area (TPSA) is 67.4 Å². The highest BCUT2D eigenvalue weighted by Crippen LogP contribution is 2.27. The molecule has 138 valence electrons. The molecule has 3 aromatic carbocycles. The predicted molar refractivity (Wildman–Crippen MR) is 109 cm³/mol. The number of rotatable bonds is 5. The molecule has 27 heavy (non-hydrogen) atoms. The molecule has 0 fully saturated rings. The molecule has 0 spiro atoms. The van der Waals surface area contributed by atoms with Gasteiger partial charge in [0.15, 0.2) is 6.61 Å².